The van der Waals surface area contributed by atoms with Gasteiger partial charge in [0.1, 0.15) is 35.2 Å². The van der Waals surface area contributed by atoms with Gasteiger partial charge in [0.05, 0.1) is 11.9 Å². The predicted octanol–water partition coefficient (Wildman–Crippen LogP) is 4.68. The molecule has 1 aliphatic rings. The zero-order chi connectivity index (χ0) is 23.9. The van der Waals surface area contributed by atoms with Gasteiger partial charge < -0.3 is 15.7 Å². The number of hydrogen-bond donors (Lipinski definition) is 2. The van der Waals surface area contributed by atoms with Gasteiger partial charge in [-0.05, 0) is 42.0 Å². The Morgan fingerprint density at radius 2 is 1.71 bits per heavy atom. The Morgan fingerprint density at radius 1 is 1.00 bits per heavy atom. The number of amidine groups is 2. The second kappa shape index (κ2) is 10.7. The zero-order valence-electron chi connectivity index (χ0n) is 17.8. The molecule has 7 nitrogen and oxygen atoms in total. The summed E-state index contributed by atoms with van der Waals surface area (Å²) in [7, 11) is 0. The fourth-order valence-electron chi connectivity index (χ4n) is 3.09. The van der Waals surface area contributed by atoms with E-state index in [1.807, 2.05) is 0 Å². The van der Waals surface area contributed by atoms with E-state index in [0.717, 1.165) is 5.56 Å². The summed E-state index contributed by atoms with van der Waals surface area (Å²) in [5.41, 5.74) is 8.00. The highest BCUT2D eigenvalue weighted by molar-refractivity contribution is 8.14. The lowest BCUT2D eigenvalue weighted by atomic mass is 10.1. The van der Waals surface area contributed by atoms with E-state index < -0.39 is 11.6 Å². The highest BCUT2D eigenvalue weighted by Crippen LogP contribution is 2.30. The maximum absolute atomic E-state index is 14.1. The molecule has 0 spiro atoms. The number of para-hydroxylation sites is 1. The van der Waals surface area contributed by atoms with Crippen LogP contribution in [0.25, 0.3) is 0 Å². The summed E-state index contributed by atoms with van der Waals surface area (Å²) in [6, 6.07) is 17.3. The molecule has 4 rings (SSSR count). The van der Waals surface area contributed by atoms with Crippen LogP contribution in [0.15, 0.2) is 86.9 Å². The van der Waals surface area contributed by atoms with Crippen molar-refractivity contribution in [3.05, 3.63) is 89.5 Å². The van der Waals surface area contributed by atoms with Crippen LogP contribution in [0.5, 0.6) is 5.75 Å². The largest absolute Gasteiger partial charge is 0.508 e. The van der Waals surface area contributed by atoms with Crippen molar-refractivity contribution < 1.29 is 13.9 Å². The first kappa shape index (κ1) is 23.1. The molecule has 172 valence electrons. The normalized spacial score (nSPS) is 15.8. The highest BCUT2D eigenvalue weighted by atomic mass is 32.2. The summed E-state index contributed by atoms with van der Waals surface area (Å²) >= 11 is 1.38. The van der Waals surface area contributed by atoms with Crippen LogP contribution in [0.4, 0.5) is 20.2 Å². The number of phenols is 1. The lowest BCUT2D eigenvalue weighted by molar-refractivity contribution is 0.475. The van der Waals surface area contributed by atoms with Crippen molar-refractivity contribution in [2.75, 3.05) is 17.2 Å². The summed E-state index contributed by atoms with van der Waals surface area (Å²) in [6.45, 7) is 0.445. The van der Waals surface area contributed by atoms with Crippen LogP contribution >= 0.6 is 11.8 Å². The Balaban J connectivity index is 1.41. The van der Waals surface area contributed by atoms with Crippen molar-refractivity contribution in [3.63, 3.8) is 0 Å². The Labute approximate surface area is 199 Å². The SMILES string of the molecule is NC(=NC=Nc1ccc(O)cc1)c1ccc(/C=N\N=C2\SCCN2c2c(F)cccc2F)cc1. The third-order valence-electron chi connectivity index (χ3n) is 4.79. The summed E-state index contributed by atoms with van der Waals surface area (Å²) in [6.07, 6.45) is 2.89. The van der Waals surface area contributed by atoms with E-state index in [2.05, 4.69) is 20.2 Å². The van der Waals surface area contributed by atoms with Crippen LogP contribution in [0, 0.1) is 11.6 Å². The first-order valence-electron chi connectivity index (χ1n) is 10.2. The Kier molecular flexibility index (Phi) is 7.28. The number of nitrogens with zero attached hydrogens (tertiary/aromatic N) is 5. The molecule has 3 N–H and O–H groups in total. The van der Waals surface area contributed by atoms with Gasteiger partial charge in [0.2, 0.25) is 0 Å². The van der Waals surface area contributed by atoms with Crippen molar-refractivity contribution >= 4 is 46.7 Å². The Bertz CT molecular complexity index is 1250. The Morgan fingerprint density at radius 3 is 2.41 bits per heavy atom. The van der Waals surface area contributed by atoms with Crippen molar-refractivity contribution in [2.45, 2.75) is 0 Å². The van der Waals surface area contributed by atoms with Crippen molar-refractivity contribution in [1.82, 2.24) is 0 Å². The molecule has 0 bridgehead atoms. The molecule has 3 aromatic carbocycles. The van der Waals surface area contributed by atoms with E-state index in [9.17, 15) is 13.9 Å². The average Bonchev–Trinajstić information content (AvgIpc) is 3.28. The smallest absolute Gasteiger partial charge is 0.190 e. The first-order valence-corrected chi connectivity index (χ1v) is 11.2. The maximum atomic E-state index is 14.1. The number of aliphatic imine (C=N–C) groups is 2. The minimum atomic E-state index is -0.637. The monoisotopic (exact) mass is 478 g/mol. The number of thioether (sulfide) groups is 1. The molecule has 1 saturated heterocycles. The molecule has 0 unspecified atom stereocenters. The number of nitrogens with two attached hydrogens (primary N) is 1. The van der Waals surface area contributed by atoms with E-state index in [1.165, 1.54) is 53.3 Å². The van der Waals surface area contributed by atoms with Gasteiger partial charge in [0.25, 0.3) is 0 Å². The number of benzene rings is 3. The number of hydrogen-bond acceptors (Lipinski definition) is 5. The molecule has 0 amide bonds. The van der Waals surface area contributed by atoms with Gasteiger partial charge in [0, 0.05) is 17.9 Å². The molecular formula is C24H20F2N6OS. The summed E-state index contributed by atoms with van der Waals surface area (Å²) in [4.78, 5) is 9.77. The van der Waals surface area contributed by atoms with Gasteiger partial charge in [-0.2, -0.15) is 5.10 Å². The lowest BCUT2D eigenvalue weighted by Gasteiger charge is -2.18. The van der Waals surface area contributed by atoms with Crippen LogP contribution in [0.3, 0.4) is 0 Å². The number of aromatic hydroxyl groups is 1. The van der Waals surface area contributed by atoms with Crippen LogP contribution in [0.2, 0.25) is 0 Å². The topological polar surface area (TPSA) is 98.9 Å². The lowest BCUT2D eigenvalue weighted by Crippen LogP contribution is -2.25. The fraction of sp³-hybridized carbons (Fsp3) is 0.0833. The second-order valence-electron chi connectivity index (χ2n) is 7.09. The standard InChI is InChI=1S/C24H20F2N6OS/c25-20-2-1-3-21(26)22(20)32-12-13-34-24(32)31-30-14-16-4-6-17(7-5-16)23(27)29-15-28-18-8-10-19(33)11-9-18/h1-11,14-15,33H,12-13H2,(H2,27,28,29)/b30-14-,31-24+. The van der Waals surface area contributed by atoms with E-state index in [4.69, 9.17) is 5.73 Å². The molecule has 1 fully saturated rings. The number of rotatable bonds is 6. The van der Waals surface area contributed by atoms with E-state index in [0.29, 0.717) is 28.7 Å². The van der Waals surface area contributed by atoms with Crippen LogP contribution < -0.4 is 10.6 Å². The van der Waals surface area contributed by atoms with E-state index in [1.54, 1.807) is 42.6 Å². The fourth-order valence-corrected chi connectivity index (χ4v) is 3.99. The molecule has 0 saturated carbocycles. The van der Waals surface area contributed by atoms with E-state index in [-0.39, 0.29) is 17.3 Å². The number of halogens is 2. The third kappa shape index (κ3) is 5.65. The number of phenolic OH excluding ortho intramolecular Hbond substituents is 1. The highest BCUT2D eigenvalue weighted by Gasteiger charge is 2.26. The van der Waals surface area contributed by atoms with E-state index >= 15 is 0 Å². The van der Waals surface area contributed by atoms with Gasteiger partial charge in [-0.25, -0.2) is 18.8 Å². The molecule has 34 heavy (non-hydrogen) atoms. The second-order valence-corrected chi connectivity index (χ2v) is 8.16. The Hall–Kier alpha value is -4.05. The van der Waals surface area contributed by atoms with Crippen molar-refractivity contribution in [2.24, 2.45) is 25.9 Å². The molecule has 0 radical (unpaired) electrons. The average molecular weight is 479 g/mol. The van der Waals surface area contributed by atoms with Gasteiger partial charge in [0.15, 0.2) is 5.17 Å². The van der Waals surface area contributed by atoms with Crippen LogP contribution in [-0.4, -0.2) is 41.0 Å². The summed E-state index contributed by atoms with van der Waals surface area (Å²) in [5, 5.41) is 17.9. The van der Waals surface area contributed by atoms with Gasteiger partial charge >= 0.3 is 0 Å². The van der Waals surface area contributed by atoms with Gasteiger partial charge in [-0.3, -0.25) is 0 Å². The number of anilines is 1. The molecule has 1 heterocycles. The molecular weight excluding hydrogens is 458 g/mol. The summed E-state index contributed by atoms with van der Waals surface area (Å²) < 4.78 is 28.2. The van der Waals surface area contributed by atoms with Gasteiger partial charge in [-0.15, -0.1) is 5.10 Å². The first-order chi connectivity index (χ1) is 16.5. The van der Waals surface area contributed by atoms with Crippen LogP contribution in [0.1, 0.15) is 11.1 Å². The van der Waals surface area contributed by atoms with Crippen molar-refractivity contribution in [1.29, 1.82) is 0 Å². The van der Waals surface area contributed by atoms with Crippen LogP contribution in [-0.2, 0) is 0 Å². The minimum Gasteiger partial charge on any atom is -0.508 e. The van der Waals surface area contributed by atoms with Gasteiger partial charge in [-0.1, -0.05) is 42.1 Å². The minimum absolute atomic E-state index is 0.116. The molecule has 0 aliphatic carbocycles. The maximum Gasteiger partial charge on any atom is 0.190 e. The summed E-state index contributed by atoms with van der Waals surface area (Å²) in [5.74, 6) is -0.165. The third-order valence-corrected chi connectivity index (χ3v) is 5.74. The zero-order valence-corrected chi connectivity index (χ0v) is 18.7. The molecule has 10 heteroatoms. The quantitative estimate of drug-likeness (QED) is 0.305. The van der Waals surface area contributed by atoms with Crippen molar-refractivity contribution in [3.8, 4) is 5.75 Å². The molecule has 0 atom stereocenters. The molecule has 3 aromatic rings. The predicted molar refractivity (Wildman–Crippen MR) is 135 cm³/mol. The molecule has 1 aliphatic heterocycles. The molecule has 0 aromatic heterocycles.